The van der Waals surface area contributed by atoms with Gasteiger partial charge in [0.25, 0.3) is 5.91 Å². The first kappa shape index (κ1) is 29.2. The van der Waals surface area contributed by atoms with Crippen LogP contribution in [-0.2, 0) is 11.0 Å². The first-order valence-electron chi connectivity index (χ1n) is 13.2. The number of nitrogens with zero attached hydrogens (tertiary/aromatic N) is 2. The maximum Gasteiger partial charge on any atom is 0.416 e. The number of alkyl halides is 3. The van der Waals surface area contributed by atoms with Gasteiger partial charge in [-0.1, -0.05) is 11.6 Å². The molecule has 0 unspecified atom stereocenters. The normalized spacial score (nSPS) is 20.7. The Balaban J connectivity index is 1.55. The summed E-state index contributed by atoms with van der Waals surface area (Å²) in [6.45, 7) is 5.58. The number of carbonyl (C=O) groups is 2. The van der Waals surface area contributed by atoms with Gasteiger partial charge in [0.1, 0.15) is 5.75 Å². The maximum absolute atomic E-state index is 13.4. The van der Waals surface area contributed by atoms with Crippen molar-refractivity contribution in [3.05, 3.63) is 63.7 Å². The molecule has 0 radical (unpaired) electrons. The Bertz CT molecular complexity index is 1170. The highest BCUT2D eigenvalue weighted by atomic mass is 35.5. The van der Waals surface area contributed by atoms with Crippen molar-refractivity contribution in [2.45, 2.75) is 58.2 Å². The molecule has 0 aromatic heterocycles. The van der Waals surface area contributed by atoms with Crippen LogP contribution in [0.3, 0.4) is 0 Å². The number of hydrogen-bond acceptors (Lipinski definition) is 4. The van der Waals surface area contributed by atoms with Gasteiger partial charge in [-0.15, -0.1) is 0 Å². The number of benzene rings is 2. The largest absolute Gasteiger partial charge is 0.493 e. The van der Waals surface area contributed by atoms with Crippen LogP contribution in [0.25, 0.3) is 0 Å². The number of likely N-dealkylation sites (tertiary alicyclic amines) is 2. The number of aliphatic hydroxyl groups is 1. The predicted molar refractivity (Wildman–Crippen MR) is 142 cm³/mol. The number of aryl methyl sites for hydroxylation is 2. The minimum absolute atomic E-state index is 0.0576. The van der Waals surface area contributed by atoms with Crippen LogP contribution in [0, 0.1) is 19.3 Å². The Morgan fingerprint density at radius 2 is 1.67 bits per heavy atom. The molecule has 2 aliphatic heterocycles. The van der Waals surface area contributed by atoms with Gasteiger partial charge in [0.2, 0.25) is 5.91 Å². The second-order valence-electron chi connectivity index (χ2n) is 10.9. The van der Waals surface area contributed by atoms with Gasteiger partial charge in [-0.2, -0.15) is 13.2 Å². The predicted octanol–water partition coefficient (Wildman–Crippen LogP) is 5.65. The molecular formula is C29H34ClF3N2O4. The molecule has 0 saturated carbocycles. The summed E-state index contributed by atoms with van der Waals surface area (Å²) < 4.78 is 45.2. The monoisotopic (exact) mass is 566 g/mol. The highest BCUT2D eigenvalue weighted by Gasteiger charge is 2.41. The Kier molecular flexibility index (Phi) is 8.81. The Morgan fingerprint density at radius 1 is 1.05 bits per heavy atom. The SMILES string of the molecule is Cc1cc(OC[C@@]2(CC(=O)N3CCC(O)CC3)CCCN(C(=O)c3ccc(C(F)(F)F)cc3)C2)cc(C)c1Cl. The molecule has 2 aromatic rings. The lowest BCUT2D eigenvalue weighted by molar-refractivity contribution is -0.138. The third-order valence-electron chi connectivity index (χ3n) is 7.71. The van der Waals surface area contributed by atoms with E-state index in [2.05, 4.69) is 0 Å². The fourth-order valence-electron chi connectivity index (χ4n) is 5.45. The van der Waals surface area contributed by atoms with Crippen molar-refractivity contribution < 1.29 is 32.6 Å². The van der Waals surface area contributed by atoms with E-state index in [1.807, 2.05) is 26.0 Å². The molecule has 2 aromatic carbocycles. The summed E-state index contributed by atoms with van der Waals surface area (Å²) in [5, 5.41) is 10.5. The topological polar surface area (TPSA) is 70.1 Å². The fourth-order valence-corrected chi connectivity index (χ4v) is 5.56. The first-order valence-corrected chi connectivity index (χ1v) is 13.6. The van der Waals surface area contributed by atoms with Crippen molar-refractivity contribution in [2.24, 2.45) is 5.41 Å². The zero-order valence-corrected chi connectivity index (χ0v) is 22.9. The van der Waals surface area contributed by atoms with Crippen molar-refractivity contribution >= 4 is 23.4 Å². The van der Waals surface area contributed by atoms with Crippen molar-refractivity contribution in [3.63, 3.8) is 0 Å². The summed E-state index contributed by atoms with van der Waals surface area (Å²) in [5.74, 6) is 0.186. The molecule has 4 rings (SSSR count). The van der Waals surface area contributed by atoms with Crippen LogP contribution >= 0.6 is 11.6 Å². The minimum Gasteiger partial charge on any atom is -0.493 e. The molecule has 1 atom stereocenters. The molecule has 2 aliphatic rings. The van der Waals surface area contributed by atoms with E-state index in [4.69, 9.17) is 16.3 Å². The number of halogens is 4. The van der Waals surface area contributed by atoms with E-state index < -0.39 is 23.3 Å². The van der Waals surface area contributed by atoms with Gasteiger partial charge in [0, 0.05) is 48.6 Å². The third-order valence-corrected chi connectivity index (χ3v) is 8.30. The number of piperidine rings is 2. The molecule has 39 heavy (non-hydrogen) atoms. The Hall–Kier alpha value is -2.78. The van der Waals surface area contributed by atoms with Crippen LogP contribution in [0.1, 0.15) is 59.2 Å². The van der Waals surface area contributed by atoms with E-state index >= 15 is 0 Å². The quantitative estimate of drug-likeness (QED) is 0.490. The number of aliphatic hydroxyl groups excluding tert-OH is 1. The lowest BCUT2D eigenvalue weighted by atomic mass is 9.77. The molecule has 2 fully saturated rings. The molecule has 10 heteroatoms. The number of carbonyl (C=O) groups excluding carboxylic acids is 2. The molecular weight excluding hydrogens is 533 g/mol. The van der Waals surface area contributed by atoms with Crippen LogP contribution in [-0.4, -0.2) is 65.6 Å². The van der Waals surface area contributed by atoms with Gasteiger partial charge in [0.05, 0.1) is 18.3 Å². The number of hydrogen-bond donors (Lipinski definition) is 1. The van der Waals surface area contributed by atoms with E-state index in [9.17, 15) is 27.9 Å². The van der Waals surface area contributed by atoms with E-state index in [-0.39, 0.29) is 37.0 Å². The van der Waals surface area contributed by atoms with Crippen molar-refractivity contribution in [3.8, 4) is 5.75 Å². The minimum atomic E-state index is -4.48. The highest BCUT2D eigenvalue weighted by molar-refractivity contribution is 6.32. The van der Waals surface area contributed by atoms with E-state index in [0.717, 1.165) is 23.3 Å². The van der Waals surface area contributed by atoms with Crippen LogP contribution < -0.4 is 4.74 Å². The van der Waals surface area contributed by atoms with Crippen LogP contribution in [0.2, 0.25) is 5.02 Å². The van der Waals surface area contributed by atoms with Gasteiger partial charge in [0.15, 0.2) is 0 Å². The summed E-state index contributed by atoms with van der Waals surface area (Å²) in [6.07, 6.45) is -2.41. The third kappa shape index (κ3) is 7.06. The molecule has 0 bridgehead atoms. The van der Waals surface area contributed by atoms with Gasteiger partial charge >= 0.3 is 6.18 Å². The molecule has 2 heterocycles. The van der Waals surface area contributed by atoms with E-state index in [1.165, 1.54) is 12.1 Å². The molecule has 6 nitrogen and oxygen atoms in total. The summed E-state index contributed by atoms with van der Waals surface area (Å²) in [6, 6.07) is 7.89. The number of amides is 2. The second-order valence-corrected chi connectivity index (χ2v) is 11.2. The Labute approximate surface area is 231 Å². The van der Waals surface area contributed by atoms with E-state index in [1.54, 1.807) is 9.80 Å². The second kappa shape index (κ2) is 11.8. The Morgan fingerprint density at radius 3 is 2.26 bits per heavy atom. The van der Waals surface area contributed by atoms with Crippen LogP contribution in [0.5, 0.6) is 5.75 Å². The smallest absolute Gasteiger partial charge is 0.416 e. The van der Waals surface area contributed by atoms with Crippen molar-refractivity contribution in [2.75, 3.05) is 32.8 Å². The molecule has 1 N–H and O–H groups in total. The average molecular weight is 567 g/mol. The lowest BCUT2D eigenvalue weighted by Crippen LogP contribution is -2.51. The summed E-state index contributed by atoms with van der Waals surface area (Å²) in [5.41, 5.74) is 0.401. The fraction of sp³-hybridized carbons (Fsp3) is 0.517. The first-order chi connectivity index (χ1) is 18.4. The standard InChI is InChI=1S/C29H34ClF3N2O4/c1-19-14-24(15-20(2)26(19)30)39-18-28(16-25(37)34-12-8-23(36)9-13-34)10-3-11-35(17-28)27(38)21-4-6-22(7-5-21)29(31,32)33/h4-7,14-15,23,36H,3,8-13,16-18H2,1-2H3/t28-/m1/s1. The molecule has 212 valence electrons. The molecule has 2 amide bonds. The molecule has 0 spiro atoms. The maximum atomic E-state index is 13.4. The van der Waals surface area contributed by atoms with Gasteiger partial charge in [-0.3, -0.25) is 9.59 Å². The molecule has 2 saturated heterocycles. The highest BCUT2D eigenvalue weighted by Crippen LogP contribution is 2.37. The summed E-state index contributed by atoms with van der Waals surface area (Å²) in [4.78, 5) is 30.1. The zero-order chi connectivity index (χ0) is 28.4. The van der Waals surface area contributed by atoms with Crippen molar-refractivity contribution in [1.29, 1.82) is 0 Å². The van der Waals surface area contributed by atoms with Crippen molar-refractivity contribution in [1.82, 2.24) is 9.80 Å². The number of rotatable bonds is 6. The summed E-state index contributed by atoms with van der Waals surface area (Å²) >= 11 is 6.31. The lowest BCUT2D eigenvalue weighted by Gasteiger charge is -2.43. The van der Waals surface area contributed by atoms with Crippen LogP contribution in [0.4, 0.5) is 13.2 Å². The van der Waals surface area contributed by atoms with Crippen LogP contribution in [0.15, 0.2) is 36.4 Å². The van der Waals surface area contributed by atoms with Gasteiger partial charge in [-0.25, -0.2) is 0 Å². The zero-order valence-electron chi connectivity index (χ0n) is 22.2. The summed E-state index contributed by atoms with van der Waals surface area (Å²) in [7, 11) is 0. The number of ether oxygens (including phenoxy) is 1. The average Bonchev–Trinajstić information content (AvgIpc) is 2.90. The van der Waals surface area contributed by atoms with Gasteiger partial charge < -0.3 is 19.6 Å². The van der Waals surface area contributed by atoms with E-state index in [0.29, 0.717) is 56.1 Å². The molecule has 0 aliphatic carbocycles. The van der Waals surface area contributed by atoms with Gasteiger partial charge in [-0.05, 0) is 87.1 Å².